The minimum atomic E-state index is -1.32. The van der Waals surface area contributed by atoms with Crippen LogP contribution in [0.4, 0.5) is 0 Å². The smallest absolute Gasteiger partial charge is 0.320 e. The standard InChI is InChI=1S/C8H20O3Si/c1-4-6-11-7-5-8-12(9-2)10-3/h12H,4-8H2,1-3H3. The van der Waals surface area contributed by atoms with Crippen molar-refractivity contribution in [3.05, 3.63) is 0 Å². The van der Waals surface area contributed by atoms with Crippen molar-refractivity contribution in [2.75, 3.05) is 27.4 Å². The molecule has 0 saturated heterocycles. The van der Waals surface area contributed by atoms with Crippen LogP contribution in [0.15, 0.2) is 0 Å². The van der Waals surface area contributed by atoms with E-state index in [9.17, 15) is 0 Å². The van der Waals surface area contributed by atoms with Gasteiger partial charge in [0.2, 0.25) is 0 Å². The zero-order chi connectivity index (χ0) is 9.23. The van der Waals surface area contributed by atoms with Crippen molar-refractivity contribution >= 4 is 9.28 Å². The molecule has 0 unspecified atom stereocenters. The topological polar surface area (TPSA) is 27.7 Å². The summed E-state index contributed by atoms with van der Waals surface area (Å²) in [5.74, 6) is 0. The monoisotopic (exact) mass is 192 g/mol. The maximum Gasteiger partial charge on any atom is 0.320 e. The third-order valence-corrected chi connectivity index (χ3v) is 3.53. The molecule has 0 fully saturated rings. The Hall–Kier alpha value is 0.0969. The van der Waals surface area contributed by atoms with Gasteiger partial charge in [0.1, 0.15) is 0 Å². The van der Waals surface area contributed by atoms with Crippen LogP contribution in [0.1, 0.15) is 19.8 Å². The van der Waals surface area contributed by atoms with E-state index < -0.39 is 9.28 Å². The molecule has 0 saturated carbocycles. The van der Waals surface area contributed by atoms with Gasteiger partial charge in [0.15, 0.2) is 0 Å². The molecule has 0 aromatic rings. The number of hydrogen-bond acceptors (Lipinski definition) is 3. The molecular formula is C8H20O3Si. The molecule has 0 bridgehead atoms. The zero-order valence-corrected chi connectivity index (χ0v) is 9.49. The Morgan fingerprint density at radius 3 is 2.25 bits per heavy atom. The van der Waals surface area contributed by atoms with Gasteiger partial charge in [-0.1, -0.05) is 6.92 Å². The Labute approximate surface area is 76.9 Å². The summed E-state index contributed by atoms with van der Waals surface area (Å²) >= 11 is 0. The Morgan fingerprint density at radius 1 is 1.08 bits per heavy atom. The highest BCUT2D eigenvalue weighted by molar-refractivity contribution is 6.44. The summed E-state index contributed by atoms with van der Waals surface area (Å²) in [6.45, 7) is 3.82. The van der Waals surface area contributed by atoms with E-state index >= 15 is 0 Å². The van der Waals surface area contributed by atoms with Gasteiger partial charge >= 0.3 is 9.28 Å². The van der Waals surface area contributed by atoms with Crippen molar-refractivity contribution in [1.82, 2.24) is 0 Å². The second-order valence-corrected chi connectivity index (χ2v) is 5.03. The summed E-state index contributed by atoms with van der Waals surface area (Å²) in [7, 11) is 2.11. The molecule has 0 atom stereocenters. The molecule has 0 aromatic heterocycles. The molecule has 0 aromatic carbocycles. The Morgan fingerprint density at radius 2 is 1.75 bits per heavy atom. The molecule has 0 rings (SSSR count). The van der Waals surface area contributed by atoms with Crippen molar-refractivity contribution in [2.24, 2.45) is 0 Å². The second-order valence-electron chi connectivity index (χ2n) is 2.66. The van der Waals surface area contributed by atoms with Crippen molar-refractivity contribution < 1.29 is 13.6 Å². The van der Waals surface area contributed by atoms with Crippen molar-refractivity contribution in [3.8, 4) is 0 Å². The SMILES string of the molecule is CCCOCCC[SiH](OC)OC. The minimum Gasteiger partial charge on any atom is -0.400 e. The van der Waals surface area contributed by atoms with Gasteiger partial charge in [-0.2, -0.15) is 0 Å². The molecule has 0 amide bonds. The third-order valence-electron chi connectivity index (χ3n) is 1.60. The Bertz CT molecular complexity index is 86.4. The first-order valence-electron chi connectivity index (χ1n) is 4.48. The molecule has 0 aliphatic rings. The van der Waals surface area contributed by atoms with Crippen molar-refractivity contribution in [2.45, 2.75) is 25.8 Å². The highest BCUT2D eigenvalue weighted by atomic mass is 28.3. The normalized spacial score (nSPS) is 11.0. The zero-order valence-electron chi connectivity index (χ0n) is 8.34. The summed E-state index contributed by atoms with van der Waals surface area (Å²) in [4.78, 5) is 0. The van der Waals surface area contributed by atoms with E-state index in [1.807, 2.05) is 0 Å². The third kappa shape index (κ3) is 6.79. The van der Waals surface area contributed by atoms with Crippen LogP contribution in [-0.4, -0.2) is 36.7 Å². The molecule has 0 aliphatic heterocycles. The average Bonchev–Trinajstić information content (AvgIpc) is 2.11. The van der Waals surface area contributed by atoms with Gasteiger partial charge in [0, 0.05) is 27.4 Å². The van der Waals surface area contributed by atoms with E-state index in [2.05, 4.69) is 6.92 Å². The quantitative estimate of drug-likeness (QED) is 0.429. The van der Waals surface area contributed by atoms with E-state index in [0.29, 0.717) is 0 Å². The molecular weight excluding hydrogens is 172 g/mol. The van der Waals surface area contributed by atoms with Gasteiger partial charge in [-0.05, 0) is 18.9 Å². The van der Waals surface area contributed by atoms with Crippen molar-refractivity contribution in [1.29, 1.82) is 0 Å². The fraction of sp³-hybridized carbons (Fsp3) is 1.00. The van der Waals surface area contributed by atoms with E-state index in [-0.39, 0.29) is 0 Å². The lowest BCUT2D eigenvalue weighted by Gasteiger charge is -2.10. The molecule has 0 spiro atoms. The van der Waals surface area contributed by atoms with Crippen LogP contribution in [0.3, 0.4) is 0 Å². The van der Waals surface area contributed by atoms with Crippen molar-refractivity contribution in [3.63, 3.8) is 0 Å². The molecule has 0 radical (unpaired) electrons. The van der Waals surface area contributed by atoms with Crippen LogP contribution in [-0.2, 0) is 13.6 Å². The van der Waals surface area contributed by atoms with E-state index in [1.165, 1.54) is 0 Å². The van der Waals surface area contributed by atoms with Gasteiger partial charge in [-0.25, -0.2) is 0 Å². The van der Waals surface area contributed by atoms with Crippen LogP contribution < -0.4 is 0 Å². The predicted octanol–water partition coefficient (Wildman–Crippen LogP) is 1.32. The number of ether oxygens (including phenoxy) is 1. The lowest BCUT2D eigenvalue weighted by atomic mass is 10.5. The average molecular weight is 192 g/mol. The van der Waals surface area contributed by atoms with Gasteiger partial charge in [-0.3, -0.25) is 0 Å². The fourth-order valence-corrected chi connectivity index (χ4v) is 2.09. The van der Waals surface area contributed by atoms with Crippen LogP contribution in [0.25, 0.3) is 0 Å². The molecule has 74 valence electrons. The maximum absolute atomic E-state index is 5.33. The summed E-state index contributed by atoms with van der Waals surface area (Å²) in [6, 6.07) is 1.04. The largest absolute Gasteiger partial charge is 0.400 e. The molecule has 0 N–H and O–H groups in total. The van der Waals surface area contributed by atoms with E-state index in [1.54, 1.807) is 14.2 Å². The summed E-state index contributed by atoms with van der Waals surface area (Å²) in [6.07, 6.45) is 2.15. The van der Waals surface area contributed by atoms with Gasteiger partial charge < -0.3 is 13.6 Å². The molecule has 3 nitrogen and oxygen atoms in total. The Balaban J connectivity index is 3.06. The molecule has 0 aliphatic carbocycles. The second kappa shape index (κ2) is 9.19. The van der Waals surface area contributed by atoms with E-state index in [0.717, 1.165) is 32.1 Å². The molecule has 0 heterocycles. The molecule has 12 heavy (non-hydrogen) atoms. The number of rotatable bonds is 8. The van der Waals surface area contributed by atoms with E-state index in [4.69, 9.17) is 13.6 Å². The highest BCUT2D eigenvalue weighted by Gasteiger charge is 2.07. The van der Waals surface area contributed by atoms with Crippen LogP contribution in [0, 0.1) is 0 Å². The first-order valence-corrected chi connectivity index (χ1v) is 6.24. The van der Waals surface area contributed by atoms with Crippen LogP contribution in [0.2, 0.25) is 6.04 Å². The predicted molar refractivity (Wildman–Crippen MR) is 51.7 cm³/mol. The maximum atomic E-state index is 5.33. The van der Waals surface area contributed by atoms with Crippen LogP contribution in [0.5, 0.6) is 0 Å². The van der Waals surface area contributed by atoms with Crippen LogP contribution >= 0.6 is 0 Å². The summed E-state index contributed by atoms with van der Waals surface area (Å²) in [5, 5.41) is 0. The first kappa shape index (κ1) is 12.1. The lowest BCUT2D eigenvalue weighted by Crippen LogP contribution is -2.19. The summed E-state index contributed by atoms with van der Waals surface area (Å²) in [5.41, 5.74) is 0. The van der Waals surface area contributed by atoms with Gasteiger partial charge in [-0.15, -0.1) is 0 Å². The van der Waals surface area contributed by atoms with Gasteiger partial charge in [0.25, 0.3) is 0 Å². The summed E-state index contributed by atoms with van der Waals surface area (Å²) < 4.78 is 15.7. The first-order chi connectivity index (χ1) is 5.85. The highest BCUT2D eigenvalue weighted by Crippen LogP contribution is 1.99. The molecule has 4 heteroatoms. The lowest BCUT2D eigenvalue weighted by molar-refractivity contribution is 0.133. The number of hydrogen-bond donors (Lipinski definition) is 0. The fourth-order valence-electron chi connectivity index (χ4n) is 0.930. The minimum absolute atomic E-state index is 0.837. The Kier molecular flexibility index (Phi) is 9.26. The van der Waals surface area contributed by atoms with Gasteiger partial charge in [0.05, 0.1) is 0 Å².